The van der Waals surface area contributed by atoms with Crippen LogP contribution in [0.25, 0.3) is 0 Å². The number of hydrogen-bond acceptors (Lipinski definition) is 5. The SMILES string of the molecule is O=[N+]([O-])c1cccc(C[C@@H]2CO2)c1S(=O)(=O)O. The molecule has 1 aromatic carbocycles. The average molecular weight is 259 g/mol. The van der Waals surface area contributed by atoms with Crippen LogP contribution in [0.1, 0.15) is 5.56 Å². The van der Waals surface area contributed by atoms with Crippen LogP contribution in [0, 0.1) is 10.1 Å². The Balaban J connectivity index is 2.57. The van der Waals surface area contributed by atoms with Gasteiger partial charge in [-0.15, -0.1) is 0 Å². The molecule has 0 unspecified atom stereocenters. The molecule has 7 nitrogen and oxygen atoms in total. The quantitative estimate of drug-likeness (QED) is 0.370. The van der Waals surface area contributed by atoms with Crippen LogP contribution in [0.2, 0.25) is 0 Å². The molecule has 1 aromatic rings. The largest absolute Gasteiger partial charge is 0.373 e. The summed E-state index contributed by atoms with van der Waals surface area (Å²) in [7, 11) is -4.62. The minimum atomic E-state index is -4.62. The van der Waals surface area contributed by atoms with E-state index in [2.05, 4.69) is 0 Å². The predicted octanol–water partition coefficient (Wildman–Crippen LogP) is 0.783. The second-order valence-electron chi connectivity index (χ2n) is 3.66. The number of nitro benzene ring substituents is 1. The molecule has 1 aliphatic rings. The molecule has 1 saturated heterocycles. The Hall–Kier alpha value is -1.51. The molecule has 0 bridgehead atoms. The van der Waals surface area contributed by atoms with Gasteiger partial charge in [0.05, 0.1) is 17.6 Å². The fourth-order valence-corrected chi connectivity index (χ4v) is 2.49. The number of hydrogen-bond donors (Lipinski definition) is 1. The van der Waals surface area contributed by atoms with Gasteiger partial charge in [0.25, 0.3) is 5.69 Å². The summed E-state index contributed by atoms with van der Waals surface area (Å²) in [6, 6.07) is 3.85. The molecule has 8 heteroatoms. The summed E-state index contributed by atoms with van der Waals surface area (Å²) in [6.45, 7) is 0.494. The Morgan fingerprint density at radius 3 is 2.65 bits per heavy atom. The fraction of sp³-hybridized carbons (Fsp3) is 0.333. The van der Waals surface area contributed by atoms with Gasteiger partial charge in [-0.1, -0.05) is 12.1 Å². The van der Waals surface area contributed by atoms with Crippen molar-refractivity contribution < 1.29 is 22.6 Å². The van der Waals surface area contributed by atoms with Gasteiger partial charge in [0.2, 0.25) is 0 Å². The van der Waals surface area contributed by atoms with Gasteiger partial charge in [-0.2, -0.15) is 8.42 Å². The molecule has 92 valence electrons. The molecule has 1 heterocycles. The minimum absolute atomic E-state index is 0.127. The van der Waals surface area contributed by atoms with E-state index in [1.54, 1.807) is 0 Å². The number of ether oxygens (including phenoxy) is 1. The lowest BCUT2D eigenvalue weighted by atomic mass is 10.1. The highest BCUT2D eigenvalue weighted by Crippen LogP contribution is 2.29. The maximum Gasteiger partial charge on any atom is 0.301 e. The Bertz CT molecular complexity index is 563. The third kappa shape index (κ3) is 2.60. The fourth-order valence-electron chi connectivity index (χ4n) is 1.60. The summed E-state index contributed by atoms with van der Waals surface area (Å²) in [4.78, 5) is 9.25. The molecule has 0 aliphatic carbocycles. The first kappa shape index (κ1) is 12.0. The third-order valence-electron chi connectivity index (χ3n) is 2.38. The van der Waals surface area contributed by atoms with Crippen LogP contribution in [0.3, 0.4) is 0 Å². The van der Waals surface area contributed by atoms with E-state index in [1.165, 1.54) is 12.1 Å². The van der Waals surface area contributed by atoms with Crippen molar-refractivity contribution in [3.63, 3.8) is 0 Å². The molecule has 0 saturated carbocycles. The average Bonchev–Trinajstić information content (AvgIpc) is 2.99. The van der Waals surface area contributed by atoms with E-state index in [4.69, 9.17) is 9.29 Å². The normalized spacial score (nSPS) is 19.0. The highest BCUT2D eigenvalue weighted by atomic mass is 32.2. The molecule has 17 heavy (non-hydrogen) atoms. The zero-order chi connectivity index (χ0) is 12.6. The molecular formula is C9H9NO6S. The lowest BCUT2D eigenvalue weighted by molar-refractivity contribution is -0.388. The molecule has 0 spiro atoms. The molecule has 1 fully saturated rings. The van der Waals surface area contributed by atoms with Crippen molar-refractivity contribution in [3.8, 4) is 0 Å². The molecule has 0 aromatic heterocycles. The Kier molecular flexibility index (Phi) is 2.86. The van der Waals surface area contributed by atoms with Gasteiger partial charge in [-0.05, 0) is 5.56 Å². The number of epoxide rings is 1. The van der Waals surface area contributed by atoms with Crippen molar-refractivity contribution in [2.24, 2.45) is 0 Å². The van der Waals surface area contributed by atoms with Crippen LogP contribution in [-0.2, 0) is 21.3 Å². The highest BCUT2D eigenvalue weighted by Gasteiger charge is 2.31. The van der Waals surface area contributed by atoms with Gasteiger partial charge in [0, 0.05) is 12.5 Å². The zero-order valence-corrected chi connectivity index (χ0v) is 9.38. The number of benzene rings is 1. The lowest BCUT2D eigenvalue weighted by Crippen LogP contribution is -2.09. The van der Waals surface area contributed by atoms with Crippen LogP contribution in [0.15, 0.2) is 23.1 Å². The summed E-state index contributed by atoms with van der Waals surface area (Å²) in [5.41, 5.74) is -0.421. The van der Waals surface area contributed by atoms with Crippen molar-refractivity contribution in [1.82, 2.24) is 0 Å². The monoisotopic (exact) mass is 259 g/mol. The Morgan fingerprint density at radius 2 is 2.18 bits per heavy atom. The van der Waals surface area contributed by atoms with Crippen LogP contribution >= 0.6 is 0 Å². The van der Waals surface area contributed by atoms with Crippen molar-refractivity contribution >= 4 is 15.8 Å². The number of rotatable bonds is 4. The van der Waals surface area contributed by atoms with Crippen LogP contribution in [0.4, 0.5) is 5.69 Å². The van der Waals surface area contributed by atoms with Crippen molar-refractivity contribution in [3.05, 3.63) is 33.9 Å². The minimum Gasteiger partial charge on any atom is -0.373 e. The summed E-state index contributed by atoms with van der Waals surface area (Å²) in [5, 5.41) is 10.7. The smallest absolute Gasteiger partial charge is 0.301 e. The Morgan fingerprint density at radius 1 is 1.53 bits per heavy atom. The Labute approximate surface area is 96.9 Å². The third-order valence-corrected chi connectivity index (χ3v) is 3.37. The van der Waals surface area contributed by atoms with Gasteiger partial charge in [0.15, 0.2) is 4.90 Å². The standard InChI is InChI=1S/C9H9NO6S/c11-10(12)8-3-1-2-6(4-7-5-16-7)9(8)17(13,14)15/h1-3,7H,4-5H2,(H,13,14,15)/t7-/m1/s1. The van der Waals surface area contributed by atoms with E-state index >= 15 is 0 Å². The van der Waals surface area contributed by atoms with Gasteiger partial charge in [0.1, 0.15) is 0 Å². The lowest BCUT2D eigenvalue weighted by Gasteiger charge is -2.05. The van der Waals surface area contributed by atoms with Gasteiger partial charge in [-0.25, -0.2) is 0 Å². The van der Waals surface area contributed by atoms with E-state index in [0.29, 0.717) is 6.61 Å². The first-order valence-corrected chi connectivity index (χ1v) is 6.19. The molecule has 1 N–H and O–H groups in total. The number of nitro groups is 1. The first-order valence-electron chi connectivity index (χ1n) is 4.75. The molecule has 0 amide bonds. The summed E-state index contributed by atoms with van der Waals surface area (Å²) in [5.74, 6) is 0. The second-order valence-corrected chi connectivity index (χ2v) is 5.02. The second kappa shape index (κ2) is 4.06. The van der Waals surface area contributed by atoms with Gasteiger partial charge >= 0.3 is 10.1 Å². The number of nitrogens with zero attached hydrogens (tertiary/aromatic N) is 1. The first-order chi connectivity index (χ1) is 7.89. The van der Waals surface area contributed by atoms with E-state index in [1.807, 2.05) is 0 Å². The zero-order valence-electron chi connectivity index (χ0n) is 8.57. The van der Waals surface area contributed by atoms with Gasteiger partial charge in [-0.3, -0.25) is 14.7 Å². The summed E-state index contributed by atoms with van der Waals surface area (Å²) in [6.07, 6.45) is 0.106. The van der Waals surface area contributed by atoms with Crippen molar-refractivity contribution in [1.29, 1.82) is 0 Å². The predicted molar refractivity (Wildman–Crippen MR) is 56.4 cm³/mol. The van der Waals surface area contributed by atoms with E-state index < -0.39 is 25.6 Å². The van der Waals surface area contributed by atoms with E-state index in [9.17, 15) is 18.5 Å². The van der Waals surface area contributed by atoms with Crippen LogP contribution in [0.5, 0.6) is 0 Å². The molecule has 0 radical (unpaired) electrons. The highest BCUT2D eigenvalue weighted by molar-refractivity contribution is 7.86. The van der Waals surface area contributed by atoms with Crippen molar-refractivity contribution in [2.45, 2.75) is 17.4 Å². The molecule has 2 rings (SSSR count). The van der Waals surface area contributed by atoms with Crippen molar-refractivity contribution in [2.75, 3.05) is 6.61 Å². The molecule has 1 atom stereocenters. The maximum atomic E-state index is 11.2. The van der Waals surface area contributed by atoms with Crippen LogP contribution < -0.4 is 0 Å². The van der Waals surface area contributed by atoms with Gasteiger partial charge < -0.3 is 4.74 Å². The van der Waals surface area contributed by atoms with E-state index in [0.717, 1.165) is 6.07 Å². The maximum absolute atomic E-state index is 11.2. The molecule has 1 aliphatic heterocycles. The summed E-state index contributed by atoms with van der Waals surface area (Å²) >= 11 is 0. The van der Waals surface area contributed by atoms with E-state index in [-0.39, 0.29) is 18.1 Å². The topological polar surface area (TPSA) is 110 Å². The summed E-state index contributed by atoms with van der Waals surface area (Å²) < 4.78 is 36.4. The molecular weight excluding hydrogens is 250 g/mol. The van der Waals surface area contributed by atoms with Crippen LogP contribution in [-0.4, -0.2) is 30.6 Å².